The summed E-state index contributed by atoms with van der Waals surface area (Å²) >= 11 is 2.17. The second kappa shape index (κ2) is 5.73. The number of fused-ring (bicyclic) bond motifs is 1. The summed E-state index contributed by atoms with van der Waals surface area (Å²) in [5.41, 5.74) is 1.59. The van der Waals surface area contributed by atoms with Crippen LogP contribution in [0.3, 0.4) is 0 Å². The molecule has 0 aliphatic heterocycles. The van der Waals surface area contributed by atoms with Crippen LogP contribution in [0.2, 0.25) is 0 Å². The van der Waals surface area contributed by atoms with Crippen LogP contribution in [0.5, 0.6) is 0 Å². The lowest BCUT2D eigenvalue weighted by Gasteiger charge is -2.18. The van der Waals surface area contributed by atoms with Gasteiger partial charge in [0.2, 0.25) is 9.84 Å². The van der Waals surface area contributed by atoms with E-state index in [2.05, 4.69) is 22.6 Å². The Labute approximate surface area is 140 Å². The Bertz CT molecular complexity index is 889. The van der Waals surface area contributed by atoms with Gasteiger partial charge in [-0.05, 0) is 76.9 Å². The van der Waals surface area contributed by atoms with Crippen LogP contribution in [-0.2, 0) is 16.3 Å². The van der Waals surface area contributed by atoms with E-state index in [0.717, 1.165) is 33.8 Å². The number of hydrogen-bond donors (Lipinski definition) is 0. The monoisotopic (exact) mass is 432 g/mol. The number of allylic oxidation sites excluding steroid dienone is 1. The van der Waals surface area contributed by atoms with Gasteiger partial charge in [0, 0.05) is 3.57 Å². The topological polar surface area (TPSA) is 34.1 Å². The molecule has 0 aromatic heterocycles. The minimum atomic E-state index is -3.88. The molecule has 0 heterocycles. The van der Waals surface area contributed by atoms with Gasteiger partial charge in [-0.3, -0.25) is 0 Å². The lowest BCUT2D eigenvalue weighted by atomic mass is 9.97. The maximum absolute atomic E-state index is 13.4. The molecule has 1 aliphatic rings. The minimum absolute atomic E-state index is 0.163. The Balaban J connectivity index is 2.14. The van der Waals surface area contributed by atoms with Gasteiger partial charge in [-0.25, -0.2) is 17.2 Å². The summed E-state index contributed by atoms with van der Waals surface area (Å²) in [6, 6.07) is 8.20. The molecule has 0 spiro atoms. The summed E-state index contributed by atoms with van der Waals surface area (Å²) in [6.07, 6.45) is 3.01. The fraction of sp³-hybridized carbons (Fsp3) is 0.125. The van der Waals surface area contributed by atoms with E-state index in [9.17, 15) is 17.2 Å². The van der Waals surface area contributed by atoms with Crippen molar-refractivity contribution in [3.8, 4) is 0 Å². The first-order valence-corrected chi connectivity index (χ1v) is 9.15. The Morgan fingerprint density at radius 2 is 1.77 bits per heavy atom. The van der Waals surface area contributed by atoms with Crippen LogP contribution in [0.25, 0.3) is 4.91 Å². The van der Waals surface area contributed by atoms with Crippen LogP contribution >= 0.6 is 22.6 Å². The van der Waals surface area contributed by atoms with Crippen molar-refractivity contribution >= 4 is 37.3 Å². The summed E-state index contributed by atoms with van der Waals surface area (Å²) in [7, 11) is -3.88. The van der Waals surface area contributed by atoms with E-state index in [1.54, 1.807) is 12.1 Å². The molecule has 3 rings (SSSR count). The van der Waals surface area contributed by atoms with E-state index in [0.29, 0.717) is 12.0 Å². The minimum Gasteiger partial charge on any atom is -0.219 e. The summed E-state index contributed by atoms with van der Waals surface area (Å²) in [4.78, 5) is -0.0693. The molecule has 0 amide bonds. The predicted molar refractivity (Wildman–Crippen MR) is 89.0 cm³/mol. The number of rotatable bonds is 2. The van der Waals surface area contributed by atoms with Gasteiger partial charge in [0.25, 0.3) is 0 Å². The average molecular weight is 432 g/mol. The van der Waals surface area contributed by atoms with E-state index < -0.39 is 21.5 Å². The Morgan fingerprint density at radius 3 is 2.50 bits per heavy atom. The molecule has 6 heteroatoms. The highest BCUT2D eigenvalue weighted by atomic mass is 127. The predicted octanol–water partition coefficient (Wildman–Crippen LogP) is 4.33. The third-order valence-corrected chi connectivity index (χ3v) is 6.08. The zero-order chi connectivity index (χ0) is 15.9. The first-order valence-electron chi connectivity index (χ1n) is 6.59. The molecule has 0 bridgehead atoms. The van der Waals surface area contributed by atoms with E-state index in [4.69, 9.17) is 0 Å². The van der Waals surface area contributed by atoms with Gasteiger partial charge >= 0.3 is 0 Å². The van der Waals surface area contributed by atoms with Crippen LogP contribution in [0.15, 0.2) is 47.4 Å². The highest BCUT2D eigenvalue weighted by Crippen LogP contribution is 2.35. The summed E-state index contributed by atoms with van der Waals surface area (Å²) < 4.78 is 52.9. The summed E-state index contributed by atoms with van der Waals surface area (Å²) in [6.45, 7) is 0. The van der Waals surface area contributed by atoms with Gasteiger partial charge < -0.3 is 0 Å². The first kappa shape index (κ1) is 15.6. The molecule has 2 nitrogen and oxygen atoms in total. The number of hydrogen-bond acceptors (Lipinski definition) is 2. The second-order valence-electron chi connectivity index (χ2n) is 4.99. The van der Waals surface area contributed by atoms with E-state index >= 15 is 0 Å². The van der Waals surface area contributed by atoms with Crippen LogP contribution in [0.1, 0.15) is 17.5 Å². The molecular formula is C16H11F2IO2S. The summed E-state index contributed by atoms with van der Waals surface area (Å²) in [5, 5.41) is 0. The molecule has 0 saturated carbocycles. The number of benzene rings is 2. The van der Waals surface area contributed by atoms with Gasteiger partial charge in [-0.15, -0.1) is 0 Å². The highest BCUT2D eigenvalue weighted by molar-refractivity contribution is 14.1. The van der Waals surface area contributed by atoms with Gasteiger partial charge in [0.15, 0.2) is 11.6 Å². The fourth-order valence-electron chi connectivity index (χ4n) is 2.50. The number of aryl methyl sites for hydroxylation is 1. The van der Waals surface area contributed by atoms with E-state index in [1.165, 1.54) is 0 Å². The standard InChI is InChI=1S/C16H11F2IO2S/c17-14-7-5-12(9-15(14)18)22(20,21)16-3-1-2-10-8-11(19)4-6-13(10)16/h3-9H,1-2H2. The molecule has 0 atom stereocenters. The lowest BCUT2D eigenvalue weighted by Crippen LogP contribution is -2.10. The molecule has 0 radical (unpaired) electrons. The molecule has 0 N–H and O–H groups in total. The quantitative estimate of drug-likeness (QED) is 0.523. The molecule has 0 fully saturated rings. The van der Waals surface area contributed by atoms with Crippen molar-refractivity contribution in [3.05, 3.63) is 68.8 Å². The molecule has 2 aromatic carbocycles. The van der Waals surface area contributed by atoms with E-state index in [1.807, 2.05) is 12.1 Å². The fourth-order valence-corrected chi connectivity index (χ4v) is 4.65. The van der Waals surface area contributed by atoms with Crippen LogP contribution in [0.4, 0.5) is 8.78 Å². The molecular weight excluding hydrogens is 421 g/mol. The maximum Gasteiger partial charge on any atom is 0.206 e. The Kier molecular flexibility index (Phi) is 4.07. The maximum atomic E-state index is 13.4. The summed E-state index contributed by atoms with van der Waals surface area (Å²) in [5.74, 6) is -2.23. The third kappa shape index (κ3) is 2.69. The molecule has 1 aliphatic carbocycles. The van der Waals surface area contributed by atoms with Crippen molar-refractivity contribution in [2.45, 2.75) is 17.7 Å². The zero-order valence-corrected chi connectivity index (χ0v) is 14.3. The van der Waals surface area contributed by atoms with Gasteiger partial charge in [0.1, 0.15) is 0 Å². The number of sulfone groups is 1. The Morgan fingerprint density at radius 1 is 1.00 bits per heavy atom. The SMILES string of the molecule is O=S(=O)(C1=CCCc2cc(I)ccc21)c1ccc(F)c(F)c1. The highest BCUT2D eigenvalue weighted by Gasteiger charge is 2.27. The van der Waals surface area contributed by atoms with Crippen molar-refractivity contribution in [1.82, 2.24) is 0 Å². The third-order valence-electron chi connectivity index (χ3n) is 3.57. The van der Waals surface area contributed by atoms with Gasteiger partial charge in [-0.1, -0.05) is 12.1 Å². The normalized spacial score (nSPS) is 14.4. The first-order chi connectivity index (χ1) is 10.4. The molecule has 22 heavy (non-hydrogen) atoms. The van der Waals surface area contributed by atoms with E-state index in [-0.39, 0.29) is 9.80 Å². The van der Waals surface area contributed by atoms with Crippen molar-refractivity contribution in [1.29, 1.82) is 0 Å². The second-order valence-corrected chi connectivity index (χ2v) is 8.15. The van der Waals surface area contributed by atoms with Gasteiger partial charge in [0.05, 0.1) is 9.80 Å². The molecule has 0 unspecified atom stereocenters. The molecule has 2 aromatic rings. The van der Waals surface area contributed by atoms with Gasteiger partial charge in [-0.2, -0.15) is 0 Å². The Hall–Kier alpha value is -1.28. The van der Waals surface area contributed by atoms with Crippen molar-refractivity contribution in [2.24, 2.45) is 0 Å². The smallest absolute Gasteiger partial charge is 0.206 e. The van der Waals surface area contributed by atoms with Crippen LogP contribution in [-0.4, -0.2) is 8.42 Å². The largest absolute Gasteiger partial charge is 0.219 e. The van der Waals surface area contributed by atoms with Crippen LogP contribution in [0, 0.1) is 15.2 Å². The zero-order valence-electron chi connectivity index (χ0n) is 11.3. The number of halogens is 3. The molecule has 0 saturated heterocycles. The average Bonchev–Trinajstić information content (AvgIpc) is 2.49. The van der Waals surface area contributed by atoms with Crippen molar-refractivity contribution in [2.75, 3.05) is 0 Å². The molecule has 114 valence electrons. The lowest BCUT2D eigenvalue weighted by molar-refractivity contribution is 0.504. The van der Waals surface area contributed by atoms with Crippen molar-refractivity contribution in [3.63, 3.8) is 0 Å². The van der Waals surface area contributed by atoms with Crippen molar-refractivity contribution < 1.29 is 17.2 Å². The van der Waals surface area contributed by atoms with Crippen LogP contribution < -0.4 is 0 Å².